The Morgan fingerprint density at radius 3 is 2.92 bits per heavy atom. The minimum atomic E-state index is -0.268. The third-order valence-corrected chi connectivity index (χ3v) is 5.30. The molecule has 26 heavy (non-hydrogen) atoms. The van der Waals surface area contributed by atoms with Gasteiger partial charge in [0.05, 0.1) is 5.69 Å². The molecule has 4 rings (SSSR count). The third-order valence-electron chi connectivity index (χ3n) is 4.89. The number of hydrogen-bond acceptors (Lipinski definition) is 3. The van der Waals surface area contributed by atoms with Crippen molar-refractivity contribution in [1.29, 1.82) is 0 Å². The van der Waals surface area contributed by atoms with Gasteiger partial charge >= 0.3 is 0 Å². The SMILES string of the molecule is Cc1c(Cl)cccc1NC(=O)Cn1ccn2nc3c(c2c1=O)CCCC3. The number of fused-ring (bicyclic) bond motifs is 3. The van der Waals surface area contributed by atoms with E-state index in [9.17, 15) is 9.59 Å². The Kier molecular flexibility index (Phi) is 4.28. The molecular weight excluding hydrogens is 352 g/mol. The highest BCUT2D eigenvalue weighted by molar-refractivity contribution is 6.31. The van der Waals surface area contributed by atoms with E-state index in [4.69, 9.17) is 11.6 Å². The van der Waals surface area contributed by atoms with Crippen LogP contribution in [0.2, 0.25) is 5.02 Å². The van der Waals surface area contributed by atoms with E-state index in [1.165, 1.54) is 4.57 Å². The Morgan fingerprint density at radius 1 is 1.27 bits per heavy atom. The number of carbonyl (C=O) groups excluding carboxylic acids is 1. The lowest BCUT2D eigenvalue weighted by Gasteiger charge is -2.11. The second kappa shape index (κ2) is 6.61. The second-order valence-electron chi connectivity index (χ2n) is 6.62. The van der Waals surface area contributed by atoms with E-state index in [1.807, 2.05) is 6.92 Å². The van der Waals surface area contributed by atoms with E-state index in [2.05, 4.69) is 10.4 Å². The normalized spacial score (nSPS) is 13.6. The molecule has 0 unspecified atom stereocenters. The number of aromatic nitrogens is 3. The van der Waals surface area contributed by atoms with Gasteiger partial charge in [-0.05, 0) is 50.3 Å². The number of benzene rings is 1. The van der Waals surface area contributed by atoms with Gasteiger partial charge in [0.15, 0.2) is 0 Å². The van der Waals surface area contributed by atoms with Crippen LogP contribution in [0.5, 0.6) is 0 Å². The van der Waals surface area contributed by atoms with Gasteiger partial charge in [-0.1, -0.05) is 17.7 Å². The quantitative estimate of drug-likeness (QED) is 0.770. The molecular formula is C19H19ClN4O2. The number of aryl methyl sites for hydroxylation is 2. The van der Waals surface area contributed by atoms with Crippen LogP contribution in [0.15, 0.2) is 35.4 Å². The Labute approximate surface area is 155 Å². The molecule has 134 valence electrons. The van der Waals surface area contributed by atoms with Crippen molar-refractivity contribution in [2.45, 2.75) is 39.2 Å². The maximum atomic E-state index is 12.9. The Morgan fingerprint density at radius 2 is 2.08 bits per heavy atom. The lowest BCUT2D eigenvalue weighted by molar-refractivity contribution is -0.116. The molecule has 1 N–H and O–H groups in total. The minimum Gasteiger partial charge on any atom is -0.324 e. The van der Waals surface area contributed by atoms with Crippen LogP contribution < -0.4 is 10.9 Å². The summed E-state index contributed by atoms with van der Waals surface area (Å²) in [6.45, 7) is 1.79. The van der Waals surface area contributed by atoms with Crippen molar-refractivity contribution < 1.29 is 4.79 Å². The van der Waals surface area contributed by atoms with Crippen molar-refractivity contribution in [2.75, 3.05) is 5.32 Å². The number of anilines is 1. The summed E-state index contributed by atoms with van der Waals surface area (Å²) in [7, 11) is 0. The van der Waals surface area contributed by atoms with Gasteiger partial charge in [0, 0.05) is 28.7 Å². The number of hydrogen-bond donors (Lipinski definition) is 1. The highest BCUT2D eigenvalue weighted by atomic mass is 35.5. The summed E-state index contributed by atoms with van der Waals surface area (Å²) in [6, 6.07) is 5.34. The van der Waals surface area contributed by atoms with Crippen molar-refractivity contribution in [3.05, 3.63) is 62.8 Å². The van der Waals surface area contributed by atoms with Crippen molar-refractivity contribution in [3.8, 4) is 0 Å². The topological polar surface area (TPSA) is 68.4 Å². The van der Waals surface area contributed by atoms with Crippen LogP contribution in [-0.2, 0) is 24.2 Å². The van der Waals surface area contributed by atoms with Crippen LogP contribution in [0.4, 0.5) is 5.69 Å². The zero-order valence-electron chi connectivity index (χ0n) is 14.5. The van der Waals surface area contributed by atoms with Gasteiger partial charge < -0.3 is 9.88 Å². The first-order valence-corrected chi connectivity index (χ1v) is 9.07. The van der Waals surface area contributed by atoms with Gasteiger partial charge in [0.2, 0.25) is 5.91 Å². The van der Waals surface area contributed by atoms with Crippen molar-refractivity contribution in [1.82, 2.24) is 14.2 Å². The van der Waals surface area contributed by atoms with E-state index in [1.54, 1.807) is 35.1 Å². The van der Waals surface area contributed by atoms with Gasteiger partial charge in [-0.15, -0.1) is 0 Å². The van der Waals surface area contributed by atoms with Crippen LogP contribution in [0.25, 0.3) is 5.52 Å². The number of amides is 1. The summed E-state index contributed by atoms with van der Waals surface area (Å²) in [5.41, 5.74) is 3.90. The molecule has 1 aliphatic rings. The molecule has 0 fully saturated rings. The third kappa shape index (κ3) is 2.90. The molecule has 0 bridgehead atoms. The van der Waals surface area contributed by atoms with Crippen LogP contribution in [-0.4, -0.2) is 20.1 Å². The Hall–Kier alpha value is -2.60. The molecule has 0 aliphatic heterocycles. The molecule has 7 heteroatoms. The second-order valence-corrected chi connectivity index (χ2v) is 7.02. The van der Waals surface area contributed by atoms with Gasteiger partial charge in [-0.2, -0.15) is 5.10 Å². The fraction of sp³-hybridized carbons (Fsp3) is 0.316. The molecule has 0 radical (unpaired) electrons. The number of rotatable bonds is 3. The van der Waals surface area contributed by atoms with Gasteiger partial charge in [-0.3, -0.25) is 9.59 Å². The van der Waals surface area contributed by atoms with Crippen LogP contribution in [0, 0.1) is 6.92 Å². The first kappa shape index (κ1) is 16.8. The zero-order chi connectivity index (χ0) is 18.3. The largest absolute Gasteiger partial charge is 0.324 e. The molecule has 0 spiro atoms. The monoisotopic (exact) mass is 370 g/mol. The van der Waals surface area contributed by atoms with E-state index in [0.717, 1.165) is 42.5 Å². The summed E-state index contributed by atoms with van der Waals surface area (Å²) >= 11 is 6.09. The Bertz CT molecular complexity index is 1070. The summed E-state index contributed by atoms with van der Waals surface area (Å²) in [5.74, 6) is -0.268. The van der Waals surface area contributed by atoms with Crippen LogP contribution >= 0.6 is 11.6 Å². The fourth-order valence-corrected chi connectivity index (χ4v) is 3.64. The average Bonchev–Trinajstić information content (AvgIpc) is 3.01. The molecule has 1 aliphatic carbocycles. The molecule has 0 atom stereocenters. The molecule has 1 amide bonds. The van der Waals surface area contributed by atoms with Gasteiger partial charge in [-0.25, -0.2) is 4.52 Å². The summed E-state index contributed by atoms with van der Waals surface area (Å²) in [5, 5.41) is 7.93. The summed E-state index contributed by atoms with van der Waals surface area (Å²) < 4.78 is 3.08. The summed E-state index contributed by atoms with van der Waals surface area (Å²) in [6.07, 6.45) is 7.30. The Balaban J connectivity index is 1.63. The zero-order valence-corrected chi connectivity index (χ0v) is 15.2. The maximum Gasteiger partial charge on any atom is 0.277 e. The molecule has 0 saturated carbocycles. The van der Waals surface area contributed by atoms with Gasteiger partial charge in [0.1, 0.15) is 12.1 Å². The number of halogens is 1. The lowest BCUT2D eigenvalue weighted by Crippen LogP contribution is -2.28. The predicted molar refractivity (Wildman–Crippen MR) is 101 cm³/mol. The minimum absolute atomic E-state index is 0.0543. The van der Waals surface area contributed by atoms with Gasteiger partial charge in [0.25, 0.3) is 5.56 Å². The van der Waals surface area contributed by atoms with Crippen LogP contribution in [0.3, 0.4) is 0 Å². The molecule has 0 saturated heterocycles. The molecule has 2 aromatic heterocycles. The van der Waals surface area contributed by atoms with E-state index in [0.29, 0.717) is 16.2 Å². The summed E-state index contributed by atoms with van der Waals surface area (Å²) in [4.78, 5) is 25.3. The van der Waals surface area contributed by atoms with Crippen molar-refractivity contribution >= 4 is 28.7 Å². The van der Waals surface area contributed by atoms with E-state index in [-0.39, 0.29) is 18.0 Å². The predicted octanol–water partition coefficient (Wildman–Crippen LogP) is 2.98. The molecule has 1 aromatic carbocycles. The number of carbonyl (C=O) groups is 1. The average molecular weight is 371 g/mol. The standard InChI is InChI=1S/C19H19ClN4O2/c1-12-14(20)6-4-8-15(12)21-17(25)11-23-9-10-24-18(19(23)26)13-5-2-3-7-16(13)22-24/h4,6,8-10H,2-3,5,7,11H2,1H3,(H,21,25). The van der Waals surface area contributed by atoms with Crippen molar-refractivity contribution in [2.24, 2.45) is 0 Å². The number of nitrogens with one attached hydrogen (secondary N) is 1. The highest BCUT2D eigenvalue weighted by Gasteiger charge is 2.20. The first-order chi connectivity index (χ1) is 12.5. The fourth-order valence-electron chi connectivity index (χ4n) is 3.47. The van der Waals surface area contributed by atoms with E-state index < -0.39 is 0 Å². The van der Waals surface area contributed by atoms with Crippen LogP contribution in [0.1, 0.15) is 29.7 Å². The lowest BCUT2D eigenvalue weighted by atomic mass is 9.97. The number of nitrogens with zero attached hydrogens (tertiary/aromatic N) is 3. The maximum absolute atomic E-state index is 12.9. The van der Waals surface area contributed by atoms with Crippen molar-refractivity contribution in [3.63, 3.8) is 0 Å². The first-order valence-electron chi connectivity index (χ1n) is 8.69. The smallest absolute Gasteiger partial charge is 0.277 e. The molecule has 6 nitrogen and oxygen atoms in total. The molecule has 3 aromatic rings. The highest BCUT2D eigenvalue weighted by Crippen LogP contribution is 2.24. The molecule has 2 heterocycles. The van der Waals surface area contributed by atoms with E-state index >= 15 is 0 Å².